The van der Waals surface area contributed by atoms with E-state index in [0.717, 1.165) is 0 Å². The molecule has 0 fully saturated rings. The first-order chi connectivity index (χ1) is 5.29. The summed E-state index contributed by atoms with van der Waals surface area (Å²) in [6.45, 7) is 6.88. The van der Waals surface area contributed by atoms with Gasteiger partial charge in [0.05, 0.1) is 12.2 Å². The summed E-state index contributed by atoms with van der Waals surface area (Å²) in [5.41, 5.74) is 10.4. The van der Waals surface area contributed by atoms with Gasteiger partial charge in [0.1, 0.15) is 0 Å². The van der Waals surface area contributed by atoms with Gasteiger partial charge >= 0.3 is 0 Å². The van der Waals surface area contributed by atoms with Crippen LogP contribution < -0.4 is 11.5 Å². The SMILES string of the molecule is CC(N)C(C)O.CC(N)C(C)O. The summed E-state index contributed by atoms with van der Waals surface area (Å²) < 4.78 is 0. The highest BCUT2D eigenvalue weighted by Crippen LogP contribution is 1.82. The summed E-state index contributed by atoms with van der Waals surface area (Å²) in [5.74, 6) is 0. The predicted octanol–water partition coefficient (Wildman–Crippen LogP) is -0.571. The molecule has 0 amide bonds. The number of rotatable bonds is 2. The van der Waals surface area contributed by atoms with Crippen LogP contribution in [0.25, 0.3) is 0 Å². The molecule has 0 spiro atoms. The van der Waals surface area contributed by atoms with Crippen LogP contribution in [0.2, 0.25) is 0 Å². The van der Waals surface area contributed by atoms with Gasteiger partial charge in [0.2, 0.25) is 0 Å². The Morgan fingerprint density at radius 1 is 0.750 bits per heavy atom. The molecule has 0 radical (unpaired) electrons. The molecule has 12 heavy (non-hydrogen) atoms. The third-order valence-corrected chi connectivity index (χ3v) is 1.52. The molecule has 0 bridgehead atoms. The van der Waals surface area contributed by atoms with Crippen molar-refractivity contribution in [2.75, 3.05) is 0 Å². The van der Waals surface area contributed by atoms with E-state index < -0.39 is 0 Å². The first-order valence-electron chi connectivity index (χ1n) is 4.16. The molecule has 0 heterocycles. The van der Waals surface area contributed by atoms with Crippen molar-refractivity contribution in [3.63, 3.8) is 0 Å². The Morgan fingerprint density at radius 2 is 0.833 bits per heavy atom. The monoisotopic (exact) mass is 178 g/mol. The molecule has 0 saturated carbocycles. The Labute approximate surface area is 74.6 Å². The lowest BCUT2D eigenvalue weighted by atomic mass is 10.2. The molecular formula is C8H22N2O2. The summed E-state index contributed by atoms with van der Waals surface area (Å²) in [6.07, 6.45) is -0.741. The van der Waals surface area contributed by atoms with Crippen molar-refractivity contribution in [1.82, 2.24) is 0 Å². The van der Waals surface area contributed by atoms with E-state index in [-0.39, 0.29) is 24.3 Å². The summed E-state index contributed by atoms with van der Waals surface area (Å²) in [4.78, 5) is 0. The number of hydrogen-bond donors (Lipinski definition) is 4. The number of aliphatic hydroxyl groups excluding tert-OH is 2. The lowest BCUT2D eigenvalue weighted by Gasteiger charge is -2.04. The maximum absolute atomic E-state index is 8.50. The largest absolute Gasteiger partial charge is 0.392 e. The van der Waals surface area contributed by atoms with Crippen LogP contribution in [-0.2, 0) is 0 Å². The van der Waals surface area contributed by atoms with Crippen LogP contribution in [0.4, 0.5) is 0 Å². The lowest BCUT2D eigenvalue weighted by molar-refractivity contribution is 0.170. The van der Waals surface area contributed by atoms with Gasteiger partial charge in [-0.3, -0.25) is 0 Å². The Morgan fingerprint density at radius 3 is 0.833 bits per heavy atom. The van der Waals surface area contributed by atoms with E-state index in [1.165, 1.54) is 0 Å². The second-order valence-corrected chi connectivity index (χ2v) is 3.20. The minimum absolute atomic E-state index is 0.0926. The van der Waals surface area contributed by atoms with Crippen molar-refractivity contribution < 1.29 is 10.2 Å². The van der Waals surface area contributed by atoms with Crippen molar-refractivity contribution >= 4 is 0 Å². The maximum Gasteiger partial charge on any atom is 0.0660 e. The van der Waals surface area contributed by atoms with Gasteiger partial charge in [-0.05, 0) is 27.7 Å². The van der Waals surface area contributed by atoms with Gasteiger partial charge < -0.3 is 21.7 Å². The highest BCUT2D eigenvalue weighted by atomic mass is 16.3. The van der Waals surface area contributed by atoms with Gasteiger partial charge in [0.15, 0.2) is 0 Å². The molecule has 0 saturated heterocycles. The van der Waals surface area contributed by atoms with Gasteiger partial charge in [0, 0.05) is 12.1 Å². The second kappa shape index (κ2) is 7.49. The molecule has 4 atom stereocenters. The molecule has 0 rings (SSSR count). The molecule has 0 aromatic heterocycles. The molecular weight excluding hydrogens is 156 g/mol. The average molecular weight is 178 g/mol. The van der Waals surface area contributed by atoms with Crippen LogP contribution in [-0.4, -0.2) is 34.5 Å². The Bertz CT molecular complexity index is 69.1. The van der Waals surface area contributed by atoms with Crippen molar-refractivity contribution in [3.05, 3.63) is 0 Å². The van der Waals surface area contributed by atoms with E-state index in [1.807, 2.05) is 0 Å². The fraction of sp³-hybridized carbons (Fsp3) is 1.00. The van der Waals surface area contributed by atoms with Crippen LogP contribution >= 0.6 is 0 Å². The van der Waals surface area contributed by atoms with E-state index in [9.17, 15) is 0 Å². The molecule has 4 unspecified atom stereocenters. The Kier molecular flexibility index (Phi) is 8.97. The molecule has 76 valence electrons. The fourth-order valence-electron chi connectivity index (χ4n) is 0. The molecule has 0 aliphatic heterocycles. The van der Waals surface area contributed by atoms with Gasteiger partial charge in [0.25, 0.3) is 0 Å². The summed E-state index contributed by atoms with van der Waals surface area (Å²) >= 11 is 0. The minimum Gasteiger partial charge on any atom is -0.392 e. The lowest BCUT2D eigenvalue weighted by Crippen LogP contribution is -2.28. The molecule has 6 N–H and O–H groups in total. The van der Waals surface area contributed by atoms with Crippen LogP contribution in [0.1, 0.15) is 27.7 Å². The average Bonchev–Trinajstić information content (AvgIpc) is 1.88. The summed E-state index contributed by atoms with van der Waals surface area (Å²) in [5, 5.41) is 17.0. The molecule has 0 aliphatic rings. The fourth-order valence-corrected chi connectivity index (χ4v) is 0. The highest BCUT2D eigenvalue weighted by Gasteiger charge is 1.98. The highest BCUT2D eigenvalue weighted by molar-refractivity contribution is 4.58. The molecule has 0 aliphatic carbocycles. The minimum atomic E-state index is -0.370. The molecule has 0 aromatic carbocycles. The van der Waals surface area contributed by atoms with Gasteiger partial charge in [-0.1, -0.05) is 0 Å². The number of nitrogens with two attached hydrogens (primary N) is 2. The van der Waals surface area contributed by atoms with Crippen molar-refractivity contribution in [3.8, 4) is 0 Å². The normalized spacial score (nSPS) is 20.0. The standard InChI is InChI=1S/2C4H11NO/c2*1-3(5)4(2)6/h2*3-4,6H,5H2,1-2H3. The zero-order valence-corrected chi connectivity index (χ0v) is 8.36. The summed E-state index contributed by atoms with van der Waals surface area (Å²) in [7, 11) is 0. The quantitative estimate of drug-likeness (QED) is 0.455. The van der Waals surface area contributed by atoms with Crippen molar-refractivity contribution in [2.24, 2.45) is 11.5 Å². The van der Waals surface area contributed by atoms with Crippen molar-refractivity contribution in [2.45, 2.75) is 52.0 Å². The number of aliphatic hydroxyl groups is 2. The van der Waals surface area contributed by atoms with Gasteiger partial charge in [-0.25, -0.2) is 0 Å². The van der Waals surface area contributed by atoms with Crippen LogP contribution in [0.15, 0.2) is 0 Å². The van der Waals surface area contributed by atoms with E-state index in [0.29, 0.717) is 0 Å². The third-order valence-electron chi connectivity index (χ3n) is 1.52. The Balaban J connectivity index is 0. The topological polar surface area (TPSA) is 92.5 Å². The van der Waals surface area contributed by atoms with E-state index >= 15 is 0 Å². The smallest absolute Gasteiger partial charge is 0.0660 e. The second-order valence-electron chi connectivity index (χ2n) is 3.20. The first kappa shape index (κ1) is 14.4. The van der Waals surface area contributed by atoms with Crippen LogP contribution in [0, 0.1) is 0 Å². The van der Waals surface area contributed by atoms with E-state index in [2.05, 4.69) is 0 Å². The van der Waals surface area contributed by atoms with Gasteiger partial charge in [-0.15, -0.1) is 0 Å². The predicted molar refractivity (Wildman–Crippen MR) is 50.7 cm³/mol. The van der Waals surface area contributed by atoms with E-state index in [1.54, 1.807) is 27.7 Å². The number of hydrogen-bond acceptors (Lipinski definition) is 4. The zero-order chi connectivity index (χ0) is 10.3. The molecule has 0 aromatic rings. The molecule has 4 nitrogen and oxygen atoms in total. The Hall–Kier alpha value is -0.160. The van der Waals surface area contributed by atoms with Crippen LogP contribution in [0.5, 0.6) is 0 Å². The summed E-state index contributed by atoms with van der Waals surface area (Å²) in [6, 6.07) is -0.185. The molecule has 4 heteroatoms. The van der Waals surface area contributed by atoms with Crippen molar-refractivity contribution in [1.29, 1.82) is 0 Å². The maximum atomic E-state index is 8.50. The zero-order valence-electron chi connectivity index (χ0n) is 8.36. The first-order valence-corrected chi connectivity index (χ1v) is 4.16. The van der Waals surface area contributed by atoms with Gasteiger partial charge in [-0.2, -0.15) is 0 Å². The third kappa shape index (κ3) is 12.5. The van der Waals surface area contributed by atoms with Crippen LogP contribution in [0.3, 0.4) is 0 Å². The van der Waals surface area contributed by atoms with E-state index in [4.69, 9.17) is 21.7 Å².